The van der Waals surface area contributed by atoms with Crippen LogP contribution in [-0.4, -0.2) is 72.2 Å². The van der Waals surface area contributed by atoms with Gasteiger partial charge in [0.15, 0.2) is 0 Å². The number of carbonyl (C=O) groups is 2. The Balaban J connectivity index is 1.66. The van der Waals surface area contributed by atoms with E-state index in [1.54, 1.807) is 19.1 Å². The summed E-state index contributed by atoms with van der Waals surface area (Å²) in [6.45, 7) is 3.71. The molecular formula is C20H25N3O4. The van der Waals surface area contributed by atoms with Gasteiger partial charge in [0.1, 0.15) is 18.0 Å². The van der Waals surface area contributed by atoms with Crippen LogP contribution < -0.4 is 4.74 Å². The lowest BCUT2D eigenvalue weighted by atomic mass is 10.0. The van der Waals surface area contributed by atoms with Crippen molar-refractivity contribution in [1.82, 2.24) is 14.4 Å². The normalized spacial score (nSPS) is 22.9. The van der Waals surface area contributed by atoms with Crippen LogP contribution >= 0.6 is 0 Å². The molecule has 1 unspecified atom stereocenters. The molecular weight excluding hydrogens is 346 g/mol. The number of amides is 2. The number of likely N-dealkylation sites (N-methyl/N-ethyl adjacent to an activating group) is 1. The van der Waals surface area contributed by atoms with E-state index in [0.717, 1.165) is 28.8 Å². The van der Waals surface area contributed by atoms with Crippen LogP contribution in [0.15, 0.2) is 18.2 Å². The van der Waals surface area contributed by atoms with E-state index in [4.69, 9.17) is 9.47 Å². The number of ether oxygens (including phenoxy) is 2. The summed E-state index contributed by atoms with van der Waals surface area (Å²) < 4.78 is 13.3. The predicted molar refractivity (Wildman–Crippen MR) is 101 cm³/mol. The first-order chi connectivity index (χ1) is 12.8. The van der Waals surface area contributed by atoms with E-state index in [2.05, 4.69) is 0 Å². The second-order valence-corrected chi connectivity index (χ2v) is 7.60. The second kappa shape index (κ2) is 6.27. The highest BCUT2D eigenvalue weighted by atomic mass is 16.5. The number of aryl methyl sites for hydroxylation is 1. The van der Waals surface area contributed by atoms with Crippen molar-refractivity contribution in [1.29, 1.82) is 0 Å². The van der Waals surface area contributed by atoms with E-state index in [0.29, 0.717) is 25.2 Å². The van der Waals surface area contributed by atoms with Crippen molar-refractivity contribution in [2.75, 3.05) is 40.4 Å². The fourth-order valence-electron chi connectivity index (χ4n) is 4.26. The Labute approximate surface area is 158 Å². The van der Waals surface area contributed by atoms with Gasteiger partial charge in [-0.3, -0.25) is 9.59 Å². The van der Waals surface area contributed by atoms with E-state index in [-0.39, 0.29) is 18.4 Å². The molecule has 0 radical (unpaired) electrons. The Bertz CT molecular complexity index is 935. The van der Waals surface area contributed by atoms with Crippen molar-refractivity contribution in [3.63, 3.8) is 0 Å². The quantitative estimate of drug-likeness (QED) is 0.804. The number of carbonyl (C=O) groups excluding carboxylic acids is 2. The molecule has 2 amide bonds. The number of morpholine rings is 1. The van der Waals surface area contributed by atoms with Gasteiger partial charge < -0.3 is 23.8 Å². The summed E-state index contributed by atoms with van der Waals surface area (Å²) in [5, 5.41) is 0.900. The first-order valence-corrected chi connectivity index (χ1v) is 9.15. The third-order valence-corrected chi connectivity index (χ3v) is 5.97. The van der Waals surface area contributed by atoms with Gasteiger partial charge in [0.2, 0.25) is 5.91 Å². The van der Waals surface area contributed by atoms with Crippen LogP contribution in [0, 0.1) is 6.92 Å². The topological polar surface area (TPSA) is 64.0 Å². The van der Waals surface area contributed by atoms with E-state index >= 15 is 0 Å². The van der Waals surface area contributed by atoms with Gasteiger partial charge in [0, 0.05) is 37.2 Å². The van der Waals surface area contributed by atoms with Crippen LogP contribution in [0.1, 0.15) is 22.5 Å². The second-order valence-electron chi connectivity index (χ2n) is 7.60. The van der Waals surface area contributed by atoms with Crippen LogP contribution in [-0.2, 0) is 16.6 Å². The maximum atomic E-state index is 13.4. The zero-order chi connectivity index (χ0) is 19.3. The van der Waals surface area contributed by atoms with E-state index in [1.165, 1.54) is 0 Å². The van der Waals surface area contributed by atoms with Crippen LogP contribution in [0.3, 0.4) is 0 Å². The molecule has 2 aliphatic rings. The predicted octanol–water partition coefficient (Wildman–Crippen LogP) is 1.57. The molecule has 1 aromatic heterocycles. The number of rotatable bonds is 2. The Morgan fingerprint density at radius 1 is 1.26 bits per heavy atom. The Kier molecular flexibility index (Phi) is 4.14. The van der Waals surface area contributed by atoms with Crippen molar-refractivity contribution in [3.05, 3.63) is 29.5 Å². The van der Waals surface area contributed by atoms with Crippen molar-refractivity contribution >= 4 is 22.7 Å². The van der Waals surface area contributed by atoms with Crippen molar-refractivity contribution < 1.29 is 19.1 Å². The lowest BCUT2D eigenvalue weighted by Gasteiger charge is -2.38. The van der Waals surface area contributed by atoms with Crippen LogP contribution in [0.25, 0.3) is 10.9 Å². The molecule has 1 spiro atoms. The Morgan fingerprint density at radius 2 is 2.04 bits per heavy atom. The summed E-state index contributed by atoms with van der Waals surface area (Å²) in [7, 11) is 5.39. The van der Waals surface area contributed by atoms with Crippen molar-refractivity contribution in [2.45, 2.75) is 18.9 Å². The van der Waals surface area contributed by atoms with Crippen molar-refractivity contribution in [2.24, 2.45) is 7.05 Å². The minimum absolute atomic E-state index is 0.00591. The highest BCUT2D eigenvalue weighted by molar-refractivity contribution is 6.09. The molecule has 2 fully saturated rings. The summed E-state index contributed by atoms with van der Waals surface area (Å²) in [4.78, 5) is 28.7. The largest absolute Gasteiger partial charge is 0.497 e. The third-order valence-electron chi connectivity index (χ3n) is 5.97. The number of aromatic nitrogens is 1. The van der Waals surface area contributed by atoms with Gasteiger partial charge in [-0.15, -0.1) is 0 Å². The minimum atomic E-state index is -0.450. The molecule has 2 saturated heterocycles. The number of likely N-dealkylation sites (tertiary alicyclic amines) is 1. The van der Waals surface area contributed by atoms with Crippen LogP contribution in [0.5, 0.6) is 5.75 Å². The average Bonchev–Trinajstić information content (AvgIpc) is 3.18. The molecule has 144 valence electrons. The zero-order valence-corrected chi connectivity index (χ0v) is 16.2. The molecule has 1 aromatic carbocycles. The van der Waals surface area contributed by atoms with Crippen molar-refractivity contribution in [3.8, 4) is 5.75 Å². The molecule has 0 bridgehead atoms. The first kappa shape index (κ1) is 17.9. The summed E-state index contributed by atoms with van der Waals surface area (Å²) in [5.41, 5.74) is 2.20. The maximum Gasteiger partial charge on any atom is 0.256 e. The number of methoxy groups -OCH3 is 1. The van der Waals surface area contributed by atoms with E-state index in [1.807, 2.05) is 41.6 Å². The Hall–Kier alpha value is -2.54. The summed E-state index contributed by atoms with van der Waals surface area (Å²) in [5.74, 6) is 0.726. The molecule has 2 aromatic rings. The lowest BCUT2D eigenvalue weighted by Crippen LogP contribution is -2.54. The average molecular weight is 371 g/mol. The van der Waals surface area contributed by atoms with E-state index < -0.39 is 5.60 Å². The molecule has 3 heterocycles. The van der Waals surface area contributed by atoms with Gasteiger partial charge in [-0.1, -0.05) is 0 Å². The van der Waals surface area contributed by atoms with Crippen LogP contribution in [0.4, 0.5) is 0 Å². The molecule has 0 saturated carbocycles. The van der Waals surface area contributed by atoms with Gasteiger partial charge in [0.25, 0.3) is 5.91 Å². The Morgan fingerprint density at radius 3 is 2.74 bits per heavy atom. The smallest absolute Gasteiger partial charge is 0.256 e. The number of hydrogen-bond acceptors (Lipinski definition) is 4. The number of hydrogen-bond donors (Lipinski definition) is 0. The number of benzene rings is 1. The van der Waals surface area contributed by atoms with E-state index in [9.17, 15) is 9.59 Å². The maximum absolute atomic E-state index is 13.4. The van der Waals surface area contributed by atoms with Gasteiger partial charge >= 0.3 is 0 Å². The summed E-state index contributed by atoms with van der Waals surface area (Å²) in [6.07, 6.45) is 0.740. The van der Waals surface area contributed by atoms with Gasteiger partial charge in [-0.25, -0.2) is 0 Å². The molecule has 0 aliphatic carbocycles. The van der Waals surface area contributed by atoms with Gasteiger partial charge in [-0.2, -0.15) is 0 Å². The fraction of sp³-hybridized carbons (Fsp3) is 0.500. The molecule has 7 heteroatoms. The zero-order valence-electron chi connectivity index (χ0n) is 16.2. The fourth-order valence-corrected chi connectivity index (χ4v) is 4.26. The molecule has 7 nitrogen and oxygen atoms in total. The molecule has 0 N–H and O–H groups in total. The molecule has 27 heavy (non-hydrogen) atoms. The van der Waals surface area contributed by atoms with Crippen LogP contribution in [0.2, 0.25) is 0 Å². The van der Waals surface area contributed by atoms with Gasteiger partial charge in [-0.05, 0) is 31.5 Å². The number of fused-ring (bicyclic) bond motifs is 1. The summed E-state index contributed by atoms with van der Waals surface area (Å²) >= 11 is 0. The third kappa shape index (κ3) is 2.77. The number of nitrogens with zero attached hydrogens (tertiary/aromatic N) is 3. The first-order valence-electron chi connectivity index (χ1n) is 9.15. The lowest BCUT2D eigenvalue weighted by molar-refractivity contribution is -0.158. The highest BCUT2D eigenvalue weighted by Gasteiger charge is 2.46. The standard InChI is InChI=1S/C20H25N3O4/c1-13-18(15-9-14(26-4)5-6-16(15)22(13)3)19(25)23-8-7-20(12-23)11-21(2)17(24)10-27-20/h5-6,9H,7-8,10-12H2,1-4H3. The highest BCUT2D eigenvalue weighted by Crippen LogP contribution is 2.34. The molecule has 1 atom stereocenters. The monoisotopic (exact) mass is 371 g/mol. The minimum Gasteiger partial charge on any atom is -0.497 e. The summed E-state index contributed by atoms with van der Waals surface area (Å²) in [6, 6.07) is 5.81. The van der Waals surface area contributed by atoms with Gasteiger partial charge in [0.05, 0.1) is 25.8 Å². The molecule has 2 aliphatic heterocycles. The molecule has 4 rings (SSSR count). The SMILES string of the molecule is COc1ccc2c(c1)c(C(=O)N1CCC3(CN(C)C(=O)CO3)C1)c(C)n2C.